The molecule has 0 aliphatic heterocycles. The Morgan fingerprint density at radius 3 is 2.84 bits per heavy atom. The highest BCUT2D eigenvalue weighted by Gasteiger charge is 2.16. The number of benzene rings is 2. The van der Waals surface area contributed by atoms with E-state index in [0.717, 1.165) is 11.0 Å². The molecule has 0 aliphatic carbocycles. The van der Waals surface area contributed by atoms with E-state index in [9.17, 15) is 4.79 Å². The van der Waals surface area contributed by atoms with Crippen LogP contribution < -0.4 is 5.32 Å². The predicted molar refractivity (Wildman–Crippen MR) is 91.2 cm³/mol. The van der Waals surface area contributed by atoms with Gasteiger partial charge >= 0.3 is 0 Å². The number of nitrogens with one attached hydrogen (secondary N) is 1. The van der Waals surface area contributed by atoms with E-state index < -0.39 is 0 Å². The first-order chi connectivity index (χ1) is 12.2. The molecule has 0 aliphatic rings. The summed E-state index contributed by atoms with van der Waals surface area (Å²) in [5.41, 5.74) is 2.05. The normalized spacial score (nSPS) is 12.2. The van der Waals surface area contributed by atoms with Gasteiger partial charge in [-0.3, -0.25) is 4.79 Å². The molecule has 124 valence electrons. The number of tetrazole rings is 1. The van der Waals surface area contributed by atoms with E-state index in [2.05, 4.69) is 20.8 Å². The summed E-state index contributed by atoms with van der Waals surface area (Å²) >= 11 is 0. The standard InChI is InChI=1S/C18H15N5O2/c1-12(17-10-13-5-2-3-8-16(13)25-17)20-18(24)14-6-4-7-15(9-14)23-11-19-21-22-23/h2-12H,1H3,(H,20,24)/t12-/m1/s1. The van der Waals surface area contributed by atoms with E-state index in [4.69, 9.17) is 4.42 Å². The van der Waals surface area contributed by atoms with Crippen molar-refractivity contribution in [3.05, 3.63) is 72.2 Å². The molecule has 0 fully saturated rings. The second-order valence-electron chi connectivity index (χ2n) is 5.69. The fourth-order valence-corrected chi connectivity index (χ4v) is 2.64. The summed E-state index contributed by atoms with van der Waals surface area (Å²) in [7, 11) is 0. The number of hydrogen-bond donors (Lipinski definition) is 1. The molecule has 1 amide bonds. The van der Waals surface area contributed by atoms with Crippen LogP contribution in [0.1, 0.15) is 29.1 Å². The molecular formula is C18H15N5O2. The number of rotatable bonds is 4. The van der Waals surface area contributed by atoms with Crippen LogP contribution in [0.25, 0.3) is 16.7 Å². The van der Waals surface area contributed by atoms with Gasteiger partial charge in [-0.25, -0.2) is 4.68 Å². The van der Waals surface area contributed by atoms with Crippen LogP contribution in [0.4, 0.5) is 0 Å². The summed E-state index contributed by atoms with van der Waals surface area (Å²) in [5.74, 6) is 0.522. The Balaban J connectivity index is 1.54. The van der Waals surface area contributed by atoms with Gasteiger partial charge in [0.05, 0.1) is 11.7 Å². The highest BCUT2D eigenvalue weighted by Crippen LogP contribution is 2.23. The van der Waals surface area contributed by atoms with Crippen molar-refractivity contribution in [1.82, 2.24) is 25.5 Å². The molecular weight excluding hydrogens is 318 g/mol. The van der Waals surface area contributed by atoms with Crippen molar-refractivity contribution >= 4 is 16.9 Å². The van der Waals surface area contributed by atoms with Gasteiger partial charge in [0.15, 0.2) is 0 Å². The second kappa shape index (κ2) is 6.20. The van der Waals surface area contributed by atoms with E-state index >= 15 is 0 Å². The summed E-state index contributed by atoms with van der Waals surface area (Å²) in [6.45, 7) is 1.89. The third-order valence-electron chi connectivity index (χ3n) is 3.94. The first-order valence-electron chi connectivity index (χ1n) is 7.83. The monoisotopic (exact) mass is 333 g/mol. The molecule has 4 aromatic rings. The number of hydrogen-bond acceptors (Lipinski definition) is 5. The number of furan rings is 1. The number of carbonyl (C=O) groups excluding carboxylic acids is 1. The smallest absolute Gasteiger partial charge is 0.251 e. The molecule has 0 unspecified atom stereocenters. The highest BCUT2D eigenvalue weighted by molar-refractivity contribution is 5.95. The topological polar surface area (TPSA) is 85.8 Å². The molecule has 1 N–H and O–H groups in total. The van der Waals surface area contributed by atoms with Crippen molar-refractivity contribution in [2.24, 2.45) is 0 Å². The number of amides is 1. The van der Waals surface area contributed by atoms with Crippen LogP contribution in [-0.2, 0) is 0 Å². The van der Waals surface area contributed by atoms with Crippen molar-refractivity contribution in [3.8, 4) is 5.69 Å². The minimum absolute atomic E-state index is 0.192. The van der Waals surface area contributed by atoms with E-state index in [1.54, 1.807) is 18.2 Å². The lowest BCUT2D eigenvalue weighted by Crippen LogP contribution is -2.26. The van der Waals surface area contributed by atoms with Crippen LogP contribution >= 0.6 is 0 Å². The minimum atomic E-state index is -0.253. The Morgan fingerprint density at radius 2 is 2.04 bits per heavy atom. The largest absolute Gasteiger partial charge is 0.459 e. The molecule has 7 nitrogen and oxygen atoms in total. The van der Waals surface area contributed by atoms with E-state index in [-0.39, 0.29) is 11.9 Å². The lowest BCUT2D eigenvalue weighted by Gasteiger charge is -2.12. The Hall–Kier alpha value is -3.48. The maximum atomic E-state index is 12.6. The summed E-state index contributed by atoms with van der Waals surface area (Å²) in [6, 6.07) is 16.5. The average molecular weight is 333 g/mol. The summed E-state index contributed by atoms with van der Waals surface area (Å²) < 4.78 is 7.30. The Kier molecular flexibility index (Phi) is 3.74. The second-order valence-corrected chi connectivity index (χ2v) is 5.69. The molecule has 0 radical (unpaired) electrons. The van der Waals surface area contributed by atoms with Gasteiger partial charge in [0, 0.05) is 10.9 Å². The quantitative estimate of drug-likeness (QED) is 0.620. The first kappa shape index (κ1) is 15.1. The summed E-state index contributed by atoms with van der Waals surface area (Å²) in [6.07, 6.45) is 1.48. The van der Waals surface area contributed by atoms with Gasteiger partial charge in [-0.15, -0.1) is 5.10 Å². The third kappa shape index (κ3) is 2.99. The fourth-order valence-electron chi connectivity index (χ4n) is 2.64. The van der Waals surface area contributed by atoms with E-state index in [0.29, 0.717) is 17.0 Å². The zero-order chi connectivity index (χ0) is 17.2. The van der Waals surface area contributed by atoms with Crippen molar-refractivity contribution in [2.45, 2.75) is 13.0 Å². The van der Waals surface area contributed by atoms with Gasteiger partial charge in [-0.2, -0.15) is 0 Å². The van der Waals surface area contributed by atoms with Crippen LogP contribution in [0.15, 0.2) is 65.3 Å². The zero-order valence-corrected chi connectivity index (χ0v) is 13.5. The van der Waals surface area contributed by atoms with E-state index in [1.807, 2.05) is 43.3 Å². The van der Waals surface area contributed by atoms with Crippen LogP contribution in [0, 0.1) is 0 Å². The molecule has 1 atom stereocenters. The Bertz CT molecular complexity index is 990. The molecule has 2 aromatic carbocycles. The van der Waals surface area contributed by atoms with Gasteiger partial charge in [0.2, 0.25) is 0 Å². The van der Waals surface area contributed by atoms with Crippen LogP contribution in [-0.4, -0.2) is 26.1 Å². The van der Waals surface area contributed by atoms with Crippen LogP contribution in [0.3, 0.4) is 0 Å². The SMILES string of the molecule is C[C@@H](NC(=O)c1cccc(-n2cnnn2)c1)c1cc2ccccc2o1. The first-order valence-corrected chi connectivity index (χ1v) is 7.83. The fraction of sp³-hybridized carbons (Fsp3) is 0.111. The van der Waals surface area contributed by atoms with Crippen molar-refractivity contribution in [1.29, 1.82) is 0 Å². The summed E-state index contributed by atoms with van der Waals surface area (Å²) in [5, 5.41) is 15.0. The van der Waals surface area contributed by atoms with Gasteiger partial charge in [0.1, 0.15) is 17.7 Å². The van der Waals surface area contributed by atoms with E-state index in [1.165, 1.54) is 11.0 Å². The highest BCUT2D eigenvalue weighted by atomic mass is 16.3. The molecule has 7 heteroatoms. The summed E-state index contributed by atoms with van der Waals surface area (Å²) in [4.78, 5) is 12.6. The van der Waals surface area contributed by atoms with Crippen molar-refractivity contribution in [2.75, 3.05) is 0 Å². The van der Waals surface area contributed by atoms with Gasteiger partial charge in [-0.05, 0) is 47.7 Å². The maximum absolute atomic E-state index is 12.6. The molecule has 2 aromatic heterocycles. The lowest BCUT2D eigenvalue weighted by atomic mass is 10.1. The number of carbonyl (C=O) groups is 1. The van der Waals surface area contributed by atoms with Crippen LogP contribution in [0.2, 0.25) is 0 Å². The molecule has 0 saturated carbocycles. The molecule has 0 bridgehead atoms. The van der Waals surface area contributed by atoms with Gasteiger partial charge in [0.25, 0.3) is 5.91 Å². The predicted octanol–water partition coefficient (Wildman–Crippen LogP) is 2.90. The molecule has 25 heavy (non-hydrogen) atoms. The molecule has 0 spiro atoms. The number of para-hydroxylation sites is 1. The molecule has 2 heterocycles. The molecule has 4 rings (SSSR count). The lowest BCUT2D eigenvalue weighted by molar-refractivity contribution is 0.0935. The Labute approximate surface area is 143 Å². The van der Waals surface area contributed by atoms with Gasteiger partial charge < -0.3 is 9.73 Å². The van der Waals surface area contributed by atoms with Gasteiger partial charge in [-0.1, -0.05) is 24.3 Å². The number of aromatic nitrogens is 4. The minimum Gasteiger partial charge on any atom is -0.459 e. The van der Waals surface area contributed by atoms with Crippen LogP contribution in [0.5, 0.6) is 0 Å². The zero-order valence-electron chi connectivity index (χ0n) is 13.5. The number of nitrogens with zero attached hydrogens (tertiary/aromatic N) is 4. The molecule has 0 saturated heterocycles. The number of fused-ring (bicyclic) bond motifs is 1. The third-order valence-corrected chi connectivity index (χ3v) is 3.94. The average Bonchev–Trinajstić information content (AvgIpc) is 3.31. The van der Waals surface area contributed by atoms with Crippen molar-refractivity contribution in [3.63, 3.8) is 0 Å². The van der Waals surface area contributed by atoms with Crippen molar-refractivity contribution < 1.29 is 9.21 Å². The maximum Gasteiger partial charge on any atom is 0.251 e. The Morgan fingerprint density at radius 1 is 1.16 bits per heavy atom.